The van der Waals surface area contributed by atoms with Crippen molar-refractivity contribution in [1.82, 2.24) is 9.55 Å². The lowest BCUT2D eigenvalue weighted by Gasteiger charge is -2.14. The van der Waals surface area contributed by atoms with Crippen LogP contribution < -0.4 is 10.9 Å². The van der Waals surface area contributed by atoms with Gasteiger partial charge in [-0.05, 0) is 31.4 Å². The van der Waals surface area contributed by atoms with Crippen LogP contribution in [-0.4, -0.2) is 21.2 Å². The van der Waals surface area contributed by atoms with E-state index in [4.69, 9.17) is 0 Å². The largest absolute Gasteiger partial charge is 0.326 e. The van der Waals surface area contributed by atoms with E-state index in [0.717, 1.165) is 42.7 Å². The van der Waals surface area contributed by atoms with Crippen LogP contribution in [0.2, 0.25) is 0 Å². The van der Waals surface area contributed by atoms with Gasteiger partial charge in [-0.3, -0.25) is 14.2 Å². The second-order valence-electron chi connectivity index (χ2n) is 6.19. The molecule has 1 unspecified atom stereocenters. The van der Waals surface area contributed by atoms with E-state index in [1.165, 1.54) is 17.8 Å². The maximum absolute atomic E-state index is 13.2. The fraction of sp³-hybridized carbons (Fsp3) is 0.353. The molecule has 1 aliphatic carbocycles. The average molecular weight is 363 g/mol. The van der Waals surface area contributed by atoms with Gasteiger partial charge in [0.05, 0.1) is 11.7 Å². The first-order valence-electron chi connectivity index (χ1n) is 8.05. The molecule has 0 saturated heterocycles. The Bertz CT molecular complexity index is 929. The van der Waals surface area contributed by atoms with Gasteiger partial charge in [0, 0.05) is 29.5 Å². The summed E-state index contributed by atoms with van der Waals surface area (Å²) in [6.07, 6.45) is 2.59. The second-order valence-corrected chi connectivity index (χ2v) is 7.18. The normalized spacial score (nSPS) is 18.1. The standard InChI is InChI=1S/C17H15F2N3O2S/c18-12-5-4-9(6-13(12)19)20-15(23)7-10-8-25-17-21-14-3-1-2-11(14)16(24)22(10)17/h4-6,10H,1-3,7-8H2,(H,20,23). The number of hydrogen-bond acceptors (Lipinski definition) is 4. The number of aromatic nitrogens is 2. The predicted molar refractivity (Wildman–Crippen MR) is 89.9 cm³/mol. The molecule has 1 amide bonds. The summed E-state index contributed by atoms with van der Waals surface area (Å²) in [6.45, 7) is 0. The summed E-state index contributed by atoms with van der Waals surface area (Å²) < 4.78 is 27.8. The lowest BCUT2D eigenvalue weighted by Crippen LogP contribution is -2.30. The Morgan fingerprint density at radius 1 is 1.32 bits per heavy atom. The highest BCUT2D eigenvalue weighted by atomic mass is 32.2. The van der Waals surface area contributed by atoms with Crippen molar-refractivity contribution in [2.24, 2.45) is 0 Å². The van der Waals surface area contributed by atoms with Crippen LogP contribution in [0.15, 0.2) is 28.2 Å². The number of hydrogen-bond donors (Lipinski definition) is 1. The van der Waals surface area contributed by atoms with E-state index < -0.39 is 11.6 Å². The number of carbonyl (C=O) groups excluding carboxylic acids is 1. The zero-order valence-electron chi connectivity index (χ0n) is 13.2. The van der Waals surface area contributed by atoms with Gasteiger partial charge in [0.25, 0.3) is 5.56 Å². The van der Waals surface area contributed by atoms with E-state index >= 15 is 0 Å². The topological polar surface area (TPSA) is 64.0 Å². The quantitative estimate of drug-likeness (QED) is 0.852. The highest BCUT2D eigenvalue weighted by Crippen LogP contribution is 2.34. The van der Waals surface area contributed by atoms with Gasteiger partial charge in [0.2, 0.25) is 5.91 Å². The first-order chi connectivity index (χ1) is 12.0. The molecule has 2 heterocycles. The highest BCUT2D eigenvalue weighted by molar-refractivity contribution is 7.99. The van der Waals surface area contributed by atoms with Gasteiger partial charge in [-0.2, -0.15) is 0 Å². The molecule has 0 spiro atoms. The predicted octanol–water partition coefficient (Wildman–Crippen LogP) is 2.69. The lowest BCUT2D eigenvalue weighted by atomic mass is 10.2. The number of fused-ring (bicyclic) bond motifs is 2. The van der Waals surface area contributed by atoms with E-state index in [0.29, 0.717) is 10.9 Å². The second kappa shape index (κ2) is 6.25. The Labute approximate surface area is 146 Å². The minimum absolute atomic E-state index is 0.0480. The fourth-order valence-corrected chi connectivity index (χ4v) is 4.46. The van der Waals surface area contributed by atoms with Crippen LogP contribution in [-0.2, 0) is 17.6 Å². The average Bonchev–Trinajstić information content (AvgIpc) is 3.19. The number of amides is 1. The van der Waals surface area contributed by atoms with Crippen LogP contribution in [0.3, 0.4) is 0 Å². The number of carbonyl (C=O) groups is 1. The Hall–Kier alpha value is -2.22. The summed E-state index contributed by atoms with van der Waals surface area (Å²) in [6, 6.07) is 2.92. The molecule has 1 aromatic carbocycles. The van der Waals surface area contributed by atoms with Crippen LogP contribution in [0, 0.1) is 11.6 Å². The van der Waals surface area contributed by atoms with Crippen LogP contribution in [0.25, 0.3) is 0 Å². The molecule has 0 bridgehead atoms. The molecule has 0 radical (unpaired) electrons. The van der Waals surface area contributed by atoms with E-state index in [9.17, 15) is 18.4 Å². The third kappa shape index (κ3) is 2.95. The highest BCUT2D eigenvalue weighted by Gasteiger charge is 2.31. The van der Waals surface area contributed by atoms with Crippen molar-refractivity contribution in [3.05, 3.63) is 51.4 Å². The van der Waals surface area contributed by atoms with Gasteiger partial charge in [-0.15, -0.1) is 0 Å². The Balaban J connectivity index is 1.52. The molecule has 0 fully saturated rings. The van der Waals surface area contributed by atoms with Gasteiger partial charge < -0.3 is 5.32 Å². The van der Waals surface area contributed by atoms with Gasteiger partial charge in [0.1, 0.15) is 0 Å². The van der Waals surface area contributed by atoms with E-state index in [1.807, 2.05) is 0 Å². The van der Waals surface area contributed by atoms with Crippen LogP contribution in [0.5, 0.6) is 0 Å². The molecule has 1 atom stereocenters. The number of aryl methyl sites for hydroxylation is 1. The van der Waals surface area contributed by atoms with Crippen LogP contribution in [0.1, 0.15) is 30.1 Å². The molecule has 0 saturated carbocycles. The molecule has 130 valence electrons. The van der Waals surface area contributed by atoms with E-state index in [1.54, 1.807) is 4.57 Å². The monoisotopic (exact) mass is 363 g/mol. The number of nitrogens with zero attached hydrogens (tertiary/aromatic N) is 2. The molecule has 4 rings (SSSR count). The molecular weight excluding hydrogens is 348 g/mol. The molecule has 1 aromatic heterocycles. The Morgan fingerprint density at radius 2 is 2.16 bits per heavy atom. The molecule has 2 aliphatic rings. The minimum Gasteiger partial charge on any atom is -0.326 e. The van der Waals surface area contributed by atoms with Crippen molar-refractivity contribution >= 4 is 23.4 Å². The number of benzene rings is 1. The summed E-state index contributed by atoms with van der Waals surface area (Å²) in [5.41, 5.74) is 1.79. The van der Waals surface area contributed by atoms with E-state index in [2.05, 4.69) is 10.3 Å². The van der Waals surface area contributed by atoms with Crippen molar-refractivity contribution in [2.45, 2.75) is 36.9 Å². The zero-order chi connectivity index (χ0) is 17.6. The molecule has 2 aromatic rings. The number of rotatable bonds is 3. The summed E-state index contributed by atoms with van der Waals surface area (Å²) in [7, 11) is 0. The number of thioether (sulfide) groups is 1. The maximum Gasteiger partial charge on any atom is 0.257 e. The van der Waals surface area contributed by atoms with Gasteiger partial charge in [0.15, 0.2) is 16.8 Å². The number of halogens is 2. The summed E-state index contributed by atoms with van der Waals surface area (Å²) >= 11 is 1.47. The number of nitrogens with one attached hydrogen (secondary N) is 1. The minimum atomic E-state index is -1.02. The van der Waals surface area contributed by atoms with E-state index in [-0.39, 0.29) is 29.6 Å². The maximum atomic E-state index is 13.2. The van der Waals surface area contributed by atoms with Crippen molar-refractivity contribution in [3.63, 3.8) is 0 Å². The van der Waals surface area contributed by atoms with Crippen molar-refractivity contribution in [2.75, 3.05) is 11.1 Å². The van der Waals surface area contributed by atoms with Crippen molar-refractivity contribution < 1.29 is 13.6 Å². The molecule has 25 heavy (non-hydrogen) atoms. The van der Waals surface area contributed by atoms with Gasteiger partial charge in [-0.1, -0.05) is 11.8 Å². The fourth-order valence-electron chi connectivity index (χ4n) is 3.30. The van der Waals surface area contributed by atoms with Crippen molar-refractivity contribution in [3.8, 4) is 0 Å². The van der Waals surface area contributed by atoms with Crippen LogP contribution in [0.4, 0.5) is 14.5 Å². The Kier molecular flexibility index (Phi) is 4.07. The number of anilines is 1. The van der Waals surface area contributed by atoms with Crippen molar-refractivity contribution in [1.29, 1.82) is 0 Å². The summed E-state index contributed by atoms with van der Waals surface area (Å²) in [4.78, 5) is 29.5. The molecule has 1 N–H and O–H groups in total. The molecule has 1 aliphatic heterocycles. The van der Waals surface area contributed by atoms with Crippen LogP contribution >= 0.6 is 11.8 Å². The summed E-state index contributed by atoms with van der Waals surface area (Å²) in [5.74, 6) is -1.74. The first-order valence-corrected chi connectivity index (χ1v) is 9.03. The molecule has 5 nitrogen and oxygen atoms in total. The molecular formula is C17H15F2N3O2S. The SMILES string of the molecule is O=C(CC1CSc2nc3c(c(=O)n21)CCC3)Nc1ccc(F)c(F)c1. The molecule has 8 heteroatoms. The first kappa shape index (κ1) is 16.3. The smallest absolute Gasteiger partial charge is 0.257 e. The summed E-state index contributed by atoms with van der Waals surface area (Å²) in [5, 5.41) is 3.21. The Morgan fingerprint density at radius 3 is 2.96 bits per heavy atom. The van der Waals surface area contributed by atoms with Gasteiger partial charge in [-0.25, -0.2) is 13.8 Å². The third-order valence-corrected chi connectivity index (χ3v) is 5.59. The zero-order valence-corrected chi connectivity index (χ0v) is 14.0. The third-order valence-electron chi connectivity index (χ3n) is 4.50. The lowest BCUT2D eigenvalue weighted by molar-refractivity contribution is -0.116. The van der Waals surface area contributed by atoms with Gasteiger partial charge >= 0.3 is 0 Å².